The number of hydrogen-bond donors (Lipinski definition) is 0. The van der Waals surface area contributed by atoms with Gasteiger partial charge in [0.2, 0.25) is 0 Å². The number of methoxy groups -OCH3 is 1. The summed E-state index contributed by atoms with van der Waals surface area (Å²) in [5, 5.41) is 9.60. The van der Waals surface area contributed by atoms with Crippen molar-refractivity contribution in [3.63, 3.8) is 0 Å². The molecule has 212 valence electrons. The fourth-order valence-corrected chi connectivity index (χ4v) is 5.24. The molecule has 4 aromatic rings. The Hall–Kier alpha value is -3.72. The largest absolute Gasteiger partial charge is 0.467 e. The zero-order valence-electron chi connectivity index (χ0n) is 24.6. The van der Waals surface area contributed by atoms with E-state index < -0.39 is 17.7 Å². The molecule has 0 saturated carbocycles. The molecule has 40 heavy (non-hydrogen) atoms. The van der Waals surface area contributed by atoms with Crippen LogP contribution in [0.5, 0.6) is 0 Å². The number of nitrogens with zero attached hydrogens (tertiary/aromatic N) is 6. The summed E-state index contributed by atoms with van der Waals surface area (Å²) in [6.45, 7) is 14.0. The third-order valence-corrected chi connectivity index (χ3v) is 7.48. The van der Waals surface area contributed by atoms with Crippen LogP contribution in [0.15, 0.2) is 48.8 Å². The SMILES string of the molecule is COC(=O)[C@@H](OC(C)(C)C)c1c(C)nc2cc(-n3cc(Cc4ccccc4)cn3)nn2c1N1CCC(C)(C)CC1. The van der Waals surface area contributed by atoms with Gasteiger partial charge in [0.25, 0.3) is 0 Å². The topological polar surface area (TPSA) is 86.8 Å². The molecule has 0 aliphatic carbocycles. The minimum absolute atomic E-state index is 0.251. The number of esters is 1. The van der Waals surface area contributed by atoms with Crippen molar-refractivity contribution in [2.75, 3.05) is 25.1 Å². The minimum atomic E-state index is -0.943. The summed E-state index contributed by atoms with van der Waals surface area (Å²) in [7, 11) is 1.39. The Morgan fingerprint density at radius 3 is 2.45 bits per heavy atom. The van der Waals surface area contributed by atoms with Gasteiger partial charge in [-0.25, -0.2) is 14.5 Å². The summed E-state index contributed by atoms with van der Waals surface area (Å²) in [6, 6.07) is 12.3. The van der Waals surface area contributed by atoms with Crippen LogP contribution in [0, 0.1) is 12.3 Å². The number of anilines is 1. The van der Waals surface area contributed by atoms with E-state index in [2.05, 4.69) is 36.0 Å². The maximum absolute atomic E-state index is 13.2. The van der Waals surface area contributed by atoms with Gasteiger partial charge in [0.05, 0.1) is 24.5 Å². The third kappa shape index (κ3) is 5.89. The zero-order valence-corrected chi connectivity index (χ0v) is 24.6. The van der Waals surface area contributed by atoms with E-state index in [9.17, 15) is 4.79 Å². The van der Waals surface area contributed by atoms with E-state index in [-0.39, 0.29) is 5.41 Å². The number of piperidine rings is 1. The van der Waals surface area contributed by atoms with E-state index in [1.54, 1.807) is 4.68 Å². The lowest BCUT2D eigenvalue weighted by molar-refractivity contribution is -0.164. The van der Waals surface area contributed by atoms with Crippen molar-refractivity contribution < 1.29 is 14.3 Å². The first-order valence-corrected chi connectivity index (χ1v) is 13.9. The minimum Gasteiger partial charge on any atom is -0.467 e. The molecule has 9 heteroatoms. The second-order valence-electron chi connectivity index (χ2n) is 12.4. The summed E-state index contributed by atoms with van der Waals surface area (Å²) < 4.78 is 15.2. The molecule has 4 heterocycles. The first-order valence-electron chi connectivity index (χ1n) is 13.9. The van der Waals surface area contributed by atoms with Crippen molar-refractivity contribution in [3.8, 4) is 5.82 Å². The highest BCUT2D eigenvalue weighted by molar-refractivity contribution is 5.80. The second kappa shape index (κ2) is 10.7. The zero-order chi connectivity index (χ0) is 28.7. The first-order chi connectivity index (χ1) is 18.9. The molecule has 9 nitrogen and oxygen atoms in total. The molecule has 1 fully saturated rings. The lowest BCUT2D eigenvalue weighted by atomic mass is 9.82. The number of ether oxygens (including phenoxy) is 2. The molecular weight excluding hydrogens is 504 g/mol. The van der Waals surface area contributed by atoms with Crippen molar-refractivity contribution in [2.24, 2.45) is 5.41 Å². The predicted octanol–water partition coefficient (Wildman–Crippen LogP) is 5.47. The summed E-state index contributed by atoms with van der Waals surface area (Å²) in [5.41, 5.74) is 4.08. The van der Waals surface area contributed by atoms with Gasteiger partial charge < -0.3 is 14.4 Å². The first kappa shape index (κ1) is 27.8. The van der Waals surface area contributed by atoms with Gasteiger partial charge >= 0.3 is 5.97 Å². The number of aromatic nitrogens is 5. The molecule has 0 radical (unpaired) electrons. The van der Waals surface area contributed by atoms with Crippen LogP contribution in [-0.2, 0) is 20.7 Å². The monoisotopic (exact) mass is 544 g/mol. The smallest absolute Gasteiger partial charge is 0.339 e. The molecule has 1 aliphatic heterocycles. The van der Waals surface area contributed by atoms with Gasteiger partial charge in [-0.15, -0.1) is 5.10 Å². The molecule has 1 atom stereocenters. The Kier molecular flexibility index (Phi) is 7.44. The number of hydrogen-bond acceptors (Lipinski definition) is 7. The van der Waals surface area contributed by atoms with Crippen LogP contribution in [0.4, 0.5) is 5.82 Å². The summed E-state index contributed by atoms with van der Waals surface area (Å²) >= 11 is 0. The van der Waals surface area contributed by atoms with Crippen molar-refractivity contribution in [2.45, 2.75) is 72.5 Å². The van der Waals surface area contributed by atoms with Gasteiger partial charge in [0.15, 0.2) is 17.6 Å². The van der Waals surface area contributed by atoms with Crippen LogP contribution in [0.1, 0.15) is 75.9 Å². The molecule has 0 N–H and O–H groups in total. The number of benzene rings is 1. The normalized spacial score (nSPS) is 16.3. The lowest BCUT2D eigenvalue weighted by Gasteiger charge is -2.39. The molecule has 0 unspecified atom stereocenters. The summed E-state index contributed by atoms with van der Waals surface area (Å²) in [5.74, 6) is 1.02. The van der Waals surface area contributed by atoms with Crippen molar-refractivity contribution in [1.82, 2.24) is 24.4 Å². The number of carbonyl (C=O) groups excluding carboxylic acids is 1. The van der Waals surface area contributed by atoms with Gasteiger partial charge in [0, 0.05) is 37.5 Å². The van der Waals surface area contributed by atoms with Gasteiger partial charge in [-0.2, -0.15) is 9.61 Å². The molecule has 1 aromatic carbocycles. The molecule has 5 rings (SSSR count). The maximum Gasteiger partial charge on any atom is 0.339 e. The van der Waals surface area contributed by atoms with E-state index in [0.29, 0.717) is 22.7 Å². The van der Waals surface area contributed by atoms with Crippen LogP contribution in [0.2, 0.25) is 0 Å². The van der Waals surface area contributed by atoms with Gasteiger partial charge in [-0.1, -0.05) is 44.2 Å². The lowest BCUT2D eigenvalue weighted by Crippen LogP contribution is -2.40. The fraction of sp³-hybridized carbons (Fsp3) is 0.484. The third-order valence-electron chi connectivity index (χ3n) is 7.48. The number of rotatable bonds is 7. The second-order valence-corrected chi connectivity index (χ2v) is 12.4. The van der Waals surface area contributed by atoms with Crippen molar-refractivity contribution in [3.05, 3.63) is 71.2 Å². The quantitative estimate of drug-likeness (QED) is 0.285. The maximum atomic E-state index is 13.2. The van der Waals surface area contributed by atoms with Crippen LogP contribution in [0.3, 0.4) is 0 Å². The Bertz CT molecular complexity index is 1490. The highest BCUT2D eigenvalue weighted by Crippen LogP contribution is 2.39. The number of carbonyl (C=O) groups is 1. The van der Waals surface area contributed by atoms with E-state index >= 15 is 0 Å². The standard InChI is InChI=1S/C31H40N6O3/c1-21-26(27(29(38)39-7)40-30(2,3)4)28(35-15-13-31(5,6)14-16-35)37-24(33-21)18-25(34-37)36-20-23(19-32-36)17-22-11-9-8-10-12-22/h8-12,18-20,27H,13-17H2,1-7H3/t27-/m0/s1. The van der Waals surface area contributed by atoms with Gasteiger partial charge in [0.1, 0.15) is 5.82 Å². The highest BCUT2D eigenvalue weighted by atomic mass is 16.6. The predicted molar refractivity (Wildman–Crippen MR) is 155 cm³/mol. The molecule has 0 spiro atoms. The Morgan fingerprint density at radius 1 is 1.10 bits per heavy atom. The van der Waals surface area contributed by atoms with E-state index in [0.717, 1.165) is 43.7 Å². The van der Waals surface area contributed by atoms with Crippen molar-refractivity contribution in [1.29, 1.82) is 0 Å². The van der Waals surface area contributed by atoms with Gasteiger partial charge in [-0.05, 0) is 57.1 Å². The van der Waals surface area contributed by atoms with Crippen molar-refractivity contribution >= 4 is 17.4 Å². The van der Waals surface area contributed by atoms with Crippen LogP contribution in [-0.4, -0.2) is 56.1 Å². The van der Waals surface area contributed by atoms with E-state index in [4.69, 9.17) is 19.6 Å². The fourth-order valence-electron chi connectivity index (χ4n) is 5.24. The van der Waals surface area contributed by atoms with Crippen LogP contribution >= 0.6 is 0 Å². The molecule has 3 aromatic heterocycles. The molecule has 1 aliphatic rings. The molecule has 0 bridgehead atoms. The van der Waals surface area contributed by atoms with E-state index in [1.165, 1.54) is 12.7 Å². The molecular formula is C31H40N6O3. The Labute approximate surface area is 236 Å². The van der Waals surface area contributed by atoms with Crippen LogP contribution < -0.4 is 4.90 Å². The average molecular weight is 545 g/mol. The highest BCUT2D eigenvalue weighted by Gasteiger charge is 2.37. The van der Waals surface area contributed by atoms with E-state index in [1.807, 2.05) is 68.9 Å². The Morgan fingerprint density at radius 2 is 1.80 bits per heavy atom. The number of aryl methyl sites for hydroxylation is 1. The average Bonchev–Trinajstić information content (AvgIpc) is 3.53. The van der Waals surface area contributed by atoms with Gasteiger partial charge in [-0.3, -0.25) is 0 Å². The Balaban J connectivity index is 1.62. The summed E-state index contributed by atoms with van der Waals surface area (Å²) in [4.78, 5) is 20.4. The van der Waals surface area contributed by atoms with Crippen LogP contribution in [0.25, 0.3) is 11.5 Å². The molecule has 1 saturated heterocycles. The number of fused-ring (bicyclic) bond motifs is 1. The molecule has 0 amide bonds. The summed E-state index contributed by atoms with van der Waals surface area (Å²) in [6.07, 6.45) is 5.77.